The molecule has 216 valence electrons. The van der Waals surface area contributed by atoms with Gasteiger partial charge in [0.15, 0.2) is 0 Å². The van der Waals surface area contributed by atoms with Crippen molar-refractivity contribution in [1.29, 1.82) is 0 Å². The van der Waals surface area contributed by atoms with Gasteiger partial charge in [-0.25, -0.2) is 0 Å². The summed E-state index contributed by atoms with van der Waals surface area (Å²) < 4.78 is 8.03. The first-order valence-corrected chi connectivity index (χ1v) is 15.0. The fourth-order valence-corrected chi connectivity index (χ4v) is 6.02. The molecule has 1 aliphatic carbocycles. The number of nitrogens with one attached hydrogen (secondary N) is 1. The second-order valence-corrected chi connectivity index (χ2v) is 13.6. The van der Waals surface area contributed by atoms with Crippen molar-refractivity contribution in [2.24, 2.45) is 5.92 Å². The molecule has 6 nitrogen and oxygen atoms in total. The fourth-order valence-electron chi connectivity index (χ4n) is 6.02. The SMILES string of the molecule is Cc1c(C(=O)NCC(C)(C)O)cc(-c2cc(C(C)N3CCOCC3)cc(C(C)(C)C)c2)n1CC1CCCCC1. The molecule has 1 unspecified atom stereocenters. The van der Waals surface area contributed by atoms with E-state index in [4.69, 9.17) is 4.74 Å². The van der Waals surface area contributed by atoms with E-state index in [1.54, 1.807) is 13.8 Å². The number of aromatic nitrogens is 1. The Bertz CT molecular complexity index is 1130. The van der Waals surface area contributed by atoms with Crippen LogP contribution in [0.4, 0.5) is 0 Å². The molecular formula is C33H51N3O3. The quantitative estimate of drug-likeness (QED) is 0.419. The van der Waals surface area contributed by atoms with Gasteiger partial charge in [-0.2, -0.15) is 0 Å². The Hall–Kier alpha value is -2.15. The molecule has 2 fully saturated rings. The Balaban J connectivity index is 1.79. The van der Waals surface area contributed by atoms with Gasteiger partial charge in [0.05, 0.1) is 24.4 Å². The lowest BCUT2D eigenvalue weighted by atomic mass is 9.83. The second kappa shape index (κ2) is 12.2. The number of aliphatic hydroxyl groups is 1. The Morgan fingerprint density at radius 1 is 1.05 bits per heavy atom. The van der Waals surface area contributed by atoms with Crippen LogP contribution in [0.3, 0.4) is 0 Å². The predicted octanol–water partition coefficient (Wildman–Crippen LogP) is 6.24. The zero-order valence-corrected chi connectivity index (χ0v) is 25.4. The Labute approximate surface area is 236 Å². The lowest BCUT2D eigenvalue weighted by Gasteiger charge is -2.33. The number of hydrogen-bond donors (Lipinski definition) is 2. The number of morpholine rings is 1. The van der Waals surface area contributed by atoms with Crippen LogP contribution in [0.1, 0.15) is 107 Å². The molecule has 0 bridgehead atoms. The number of carbonyl (C=O) groups excluding carboxylic acids is 1. The summed E-state index contributed by atoms with van der Waals surface area (Å²) in [5, 5.41) is 13.2. The van der Waals surface area contributed by atoms with Gasteiger partial charge in [0.1, 0.15) is 0 Å². The van der Waals surface area contributed by atoms with Crippen LogP contribution in [0, 0.1) is 12.8 Å². The summed E-state index contributed by atoms with van der Waals surface area (Å²) in [6.07, 6.45) is 6.41. The van der Waals surface area contributed by atoms with E-state index in [0.717, 1.165) is 44.2 Å². The van der Waals surface area contributed by atoms with E-state index in [2.05, 4.69) is 73.7 Å². The van der Waals surface area contributed by atoms with Crippen molar-refractivity contribution < 1.29 is 14.6 Å². The minimum Gasteiger partial charge on any atom is -0.389 e. The van der Waals surface area contributed by atoms with Crippen LogP contribution in [0.5, 0.6) is 0 Å². The van der Waals surface area contributed by atoms with Crippen LogP contribution in [0.25, 0.3) is 11.3 Å². The van der Waals surface area contributed by atoms with Gasteiger partial charge in [-0.15, -0.1) is 0 Å². The number of benzene rings is 1. The number of carbonyl (C=O) groups is 1. The van der Waals surface area contributed by atoms with Gasteiger partial charge < -0.3 is 19.7 Å². The molecule has 2 aromatic rings. The molecule has 1 aliphatic heterocycles. The number of hydrogen-bond acceptors (Lipinski definition) is 4. The van der Waals surface area contributed by atoms with Gasteiger partial charge in [-0.1, -0.05) is 46.1 Å². The summed E-state index contributed by atoms with van der Waals surface area (Å²) in [4.78, 5) is 15.9. The molecule has 1 atom stereocenters. The maximum Gasteiger partial charge on any atom is 0.253 e. The first-order valence-electron chi connectivity index (χ1n) is 15.0. The third-order valence-corrected chi connectivity index (χ3v) is 8.65. The maximum atomic E-state index is 13.4. The lowest BCUT2D eigenvalue weighted by molar-refractivity contribution is 0.0198. The van der Waals surface area contributed by atoms with Crippen molar-refractivity contribution in [1.82, 2.24) is 14.8 Å². The summed E-state index contributed by atoms with van der Waals surface area (Å²) in [7, 11) is 0. The summed E-state index contributed by atoms with van der Waals surface area (Å²) in [5.41, 5.74) is 5.68. The highest BCUT2D eigenvalue weighted by molar-refractivity contribution is 5.97. The molecule has 2 aliphatic rings. The monoisotopic (exact) mass is 537 g/mol. The minimum absolute atomic E-state index is 0.00175. The maximum absolute atomic E-state index is 13.4. The van der Waals surface area contributed by atoms with E-state index in [1.807, 2.05) is 0 Å². The zero-order chi connectivity index (χ0) is 28.4. The summed E-state index contributed by atoms with van der Waals surface area (Å²) in [6, 6.07) is 9.43. The molecule has 39 heavy (non-hydrogen) atoms. The molecular weight excluding hydrogens is 486 g/mol. The van der Waals surface area contributed by atoms with Gasteiger partial charge in [-0.3, -0.25) is 9.69 Å². The highest BCUT2D eigenvalue weighted by Gasteiger charge is 2.26. The van der Waals surface area contributed by atoms with Crippen LogP contribution in [-0.2, 0) is 16.7 Å². The van der Waals surface area contributed by atoms with Gasteiger partial charge in [0.25, 0.3) is 5.91 Å². The van der Waals surface area contributed by atoms with Gasteiger partial charge >= 0.3 is 0 Å². The van der Waals surface area contributed by atoms with Crippen molar-refractivity contribution in [3.05, 3.63) is 46.6 Å². The van der Waals surface area contributed by atoms with Gasteiger partial charge in [-0.05, 0) is 86.8 Å². The smallest absolute Gasteiger partial charge is 0.253 e. The second-order valence-electron chi connectivity index (χ2n) is 13.6. The van der Waals surface area contributed by atoms with Crippen LogP contribution in [0.2, 0.25) is 0 Å². The van der Waals surface area contributed by atoms with Crippen molar-refractivity contribution in [3.8, 4) is 11.3 Å². The number of rotatable bonds is 8. The van der Waals surface area contributed by atoms with Crippen LogP contribution in [-0.4, -0.2) is 58.9 Å². The average molecular weight is 538 g/mol. The zero-order valence-electron chi connectivity index (χ0n) is 25.4. The number of amides is 1. The van der Waals surface area contributed by atoms with Crippen molar-refractivity contribution >= 4 is 5.91 Å². The predicted molar refractivity (Wildman–Crippen MR) is 159 cm³/mol. The molecule has 2 N–H and O–H groups in total. The molecule has 1 amide bonds. The molecule has 0 spiro atoms. The molecule has 1 aromatic carbocycles. The summed E-state index contributed by atoms with van der Waals surface area (Å²) >= 11 is 0. The van der Waals surface area contributed by atoms with Gasteiger partial charge in [0.2, 0.25) is 0 Å². The van der Waals surface area contributed by atoms with Crippen LogP contribution in [0.15, 0.2) is 24.3 Å². The van der Waals surface area contributed by atoms with E-state index < -0.39 is 5.60 Å². The topological polar surface area (TPSA) is 66.7 Å². The normalized spacial score (nSPS) is 18.8. The van der Waals surface area contributed by atoms with Crippen molar-refractivity contribution in [2.45, 2.75) is 104 Å². The number of ether oxygens (including phenoxy) is 1. The van der Waals surface area contributed by atoms with E-state index in [1.165, 1.54) is 48.8 Å². The van der Waals surface area contributed by atoms with Gasteiger partial charge in [0, 0.05) is 43.6 Å². The van der Waals surface area contributed by atoms with Crippen LogP contribution >= 0.6 is 0 Å². The molecule has 2 heterocycles. The van der Waals surface area contributed by atoms with Crippen molar-refractivity contribution in [2.75, 3.05) is 32.8 Å². The van der Waals surface area contributed by atoms with E-state index in [9.17, 15) is 9.90 Å². The first kappa shape index (κ1) is 29.8. The average Bonchev–Trinajstić information content (AvgIpc) is 3.22. The molecule has 1 saturated heterocycles. The molecule has 6 heteroatoms. The number of nitrogens with zero attached hydrogens (tertiary/aromatic N) is 2. The summed E-state index contributed by atoms with van der Waals surface area (Å²) in [5.74, 6) is 0.514. The molecule has 4 rings (SSSR count). The molecule has 1 saturated carbocycles. The largest absolute Gasteiger partial charge is 0.389 e. The Morgan fingerprint density at radius 2 is 1.72 bits per heavy atom. The van der Waals surface area contributed by atoms with Crippen LogP contribution < -0.4 is 5.32 Å². The summed E-state index contributed by atoms with van der Waals surface area (Å²) in [6.45, 7) is 19.2. The Kier molecular flexibility index (Phi) is 9.30. The van der Waals surface area contributed by atoms with E-state index >= 15 is 0 Å². The standard InChI is InChI=1S/C33H51N3O3/c1-23(35-13-15-39-16-14-35)26-17-27(19-28(18-26)32(3,4)5)30-20-29(31(37)34-22-33(6,7)38)24(2)36(30)21-25-11-9-8-10-12-25/h17-20,23,25,38H,8-16,21-22H2,1-7H3,(H,34,37). The lowest BCUT2D eigenvalue weighted by Crippen LogP contribution is -2.38. The highest BCUT2D eigenvalue weighted by Crippen LogP contribution is 2.36. The minimum atomic E-state index is -0.956. The molecule has 0 radical (unpaired) electrons. The first-order chi connectivity index (χ1) is 18.3. The van der Waals surface area contributed by atoms with Crippen molar-refractivity contribution in [3.63, 3.8) is 0 Å². The Morgan fingerprint density at radius 3 is 2.33 bits per heavy atom. The van der Waals surface area contributed by atoms with E-state index in [0.29, 0.717) is 11.5 Å². The third-order valence-electron chi connectivity index (χ3n) is 8.65. The molecule has 1 aromatic heterocycles. The third kappa shape index (κ3) is 7.53. The fraction of sp³-hybridized carbons (Fsp3) is 0.667. The highest BCUT2D eigenvalue weighted by atomic mass is 16.5. The van der Waals surface area contributed by atoms with E-state index in [-0.39, 0.29) is 23.9 Å².